The molecule has 1 atom stereocenters. The Morgan fingerprint density at radius 2 is 1.86 bits per heavy atom. The molecule has 1 fully saturated rings. The van der Waals surface area contributed by atoms with Gasteiger partial charge in [-0.15, -0.1) is 11.8 Å². The maximum Gasteiger partial charge on any atom is 0.228 e. The molecule has 2 aromatic rings. The second-order valence-corrected chi connectivity index (χ2v) is 7.71. The van der Waals surface area contributed by atoms with Crippen molar-refractivity contribution in [1.29, 1.82) is 0 Å². The van der Waals surface area contributed by atoms with E-state index >= 15 is 0 Å². The van der Waals surface area contributed by atoms with Crippen molar-refractivity contribution in [3.63, 3.8) is 0 Å². The first-order valence-electron chi connectivity index (χ1n) is 7.04. The summed E-state index contributed by atoms with van der Waals surface area (Å²) in [6.07, 6.45) is 0.421. The molecule has 0 aromatic heterocycles. The number of rotatable bonds is 3. The molecule has 1 aliphatic rings. The molecule has 0 saturated carbocycles. The zero-order valence-electron chi connectivity index (χ0n) is 11.8. The number of amides is 1. The Morgan fingerprint density at radius 3 is 2.55 bits per heavy atom. The highest BCUT2D eigenvalue weighted by Crippen LogP contribution is 2.38. The Bertz CT molecular complexity index is 659. The van der Waals surface area contributed by atoms with E-state index in [1.54, 1.807) is 0 Å². The van der Waals surface area contributed by atoms with Gasteiger partial charge in [-0.1, -0.05) is 51.8 Å². The van der Waals surface area contributed by atoms with Crippen molar-refractivity contribution >= 4 is 45.2 Å². The van der Waals surface area contributed by atoms with Crippen LogP contribution in [0.5, 0.6) is 0 Å². The Kier molecular flexibility index (Phi) is 5.11. The second kappa shape index (κ2) is 7.07. The third-order valence-corrected chi connectivity index (χ3v) is 5.68. The van der Waals surface area contributed by atoms with Gasteiger partial charge in [0.1, 0.15) is 5.37 Å². The molecule has 1 heterocycles. The van der Waals surface area contributed by atoms with E-state index in [-0.39, 0.29) is 11.3 Å². The summed E-state index contributed by atoms with van der Waals surface area (Å²) in [5.41, 5.74) is 2.18. The molecule has 0 spiro atoms. The lowest BCUT2D eigenvalue weighted by atomic mass is 10.1. The van der Waals surface area contributed by atoms with Crippen LogP contribution >= 0.6 is 39.3 Å². The SMILES string of the molecule is O=C(Cc1ccc(Cl)cc1)N1CCSC1c1ccc(Br)cc1. The highest BCUT2D eigenvalue weighted by Gasteiger charge is 2.30. The third kappa shape index (κ3) is 3.67. The van der Waals surface area contributed by atoms with Crippen molar-refractivity contribution < 1.29 is 4.79 Å². The summed E-state index contributed by atoms with van der Waals surface area (Å²) in [5, 5.41) is 0.813. The van der Waals surface area contributed by atoms with Crippen LogP contribution in [0.15, 0.2) is 53.0 Å². The van der Waals surface area contributed by atoms with Crippen molar-refractivity contribution in [2.45, 2.75) is 11.8 Å². The Labute approximate surface area is 148 Å². The van der Waals surface area contributed by atoms with Crippen LogP contribution in [0.1, 0.15) is 16.5 Å². The lowest BCUT2D eigenvalue weighted by Gasteiger charge is -2.24. The van der Waals surface area contributed by atoms with Gasteiger partial charge in [0.2, 0.25) is 5.91 Å². The molecule has 3 rings (SSSR count). The van der Waals surface area contributed by atoms with Crippen molar-refractivity contribution in [2.75, 3.05) is 12.3 Å². The van der Waals surface area contributed by atoms with Crippen molar-refractivity contribution in [1.82, 2.24) is 4.90 Å². The molecule has 1 amide bonds. The molecule has 114 valence electrons. The Balaban J connectivity index is 1.73. The van der Waals surface area contributed by atoms with Crippen LogP contribution in [0.3, 0.4) is 0 Å². The van der Waals surface area contributed by atoms with Crippen LogP contribution in [0.2, 0.25) is 5.02 Å². The maximum atomic E-state index is 12.6. The van der Waals surface area contributed by atoms with Crippen LogP contribution < -0.4 is 0 Å². The van der Waals surface area contributed by atoms with E-state index in [4.69, 9.17) is 11.6 Å². The second-order valence-electron chi connectivity index (χ2n) is 5.17. The highest BCUT2D eigenvalue weighted by atomic mass is 79.9. The number of thioether (sulfide) groups is 1. The molecule has 0 aliphatic carbocycles. The lowest BCUT2D eigenvalue weighted by molar-refractivity contribution is -0.130. The van der Waals surface area contributed by atoms with Crippen LogP contribution in [0.4, 0.5) is 0 Å². The number of hydrogen-bond donors (Lipinski definition) is 0. The molecular formula is C17H15BrClNOS. The topological polar surface area (TPSA) is 20.3 Å². The van der Waals surface area contributed by atoms with Crippen molar-refractivity contribution in [3.05, 3.63) is 69.2 Å². The van der Waals surface area contributed by atoms with Gasteiger partial charge in [0, 0.05) is 21.8 Å². The average Bonchev–Trinajstić information content (AvgIpc) is 3.00. The number of benzene rings is 2. The molecule has 2 aromatic carbocycles. The van der Waals surface area contributed by atoms with Crippen molar-refractivity contribution in [2.24, 2.45) is 0 Å². The Morgan fingerprint density at radius 1 is 1.18 bits per heavy atom. The summed E-state index contributed by atoms with van der Waals surface area (Å²) in [6, 6.07) is 15.7. The van der Waals surface area contributed by atoms with E-state index in [0.717, 1.165) is 22.3 Å². The maximum absolute atomic E-state index is 12.6. The number of nitrogens with zero attached hydrogens (tertiary/aromatic N) is 1. The predicted molar refractivity (Wildman–Crippen MR) is 96.2 cm³/mol. The fourth-order valence-electron chi connectivity index (χ4n) is 2.51. The molecular weight excluding hydrogens is 382 g/mol. The molecule has 0 bridgehead atoms. The summed E-state index contributed by atoms with van der Waals surface area (Å²) in [7, 11) is 0. The van der Waals surface area contributed by atoms with E-state index in [0.29, 0.717) is 11.4 Å². The monoisotopic (exact) mass is 395 g/mol. The summed E-state index contributed by atoms with van der Waals surface area (Å²) in [5.74, 6) is 1.15. The predicted octanol–water partition coefficient (Wildman–Crippen LogP) is 4.92. The first-order valence-corrected chi connectivity index (χ1v) is 9.26. The summed E-state index contributed by atoms with van der Waals surface area (Å²) >= 11 is 11.2. The first-order chi connectivity index (χ1) is 10.6. The molecule has 0 N–H and O–H groups in total. The van der Waals surface area contributed by atoms with Crippen molar-refractivity contribution in [3.8, 4) is 0 Å². The molecule has 5 heteroatoms. The molecule has 1 aliphatic heterocycles. The van der Waals surface area contributed by atoms with Gasteiger partial charge in [-0.05, 0) is 35.4 Å². The van der Waals surface area contributed by atoms with Gasteiger partial charge in [-0.2, -0.15) is 0 Å². The van der Waals surface area contributed by atoms with E-state index in [2.05, 4.69) is 28.1 Å². The van der Waals surface area contributed by atoms with Crippen LogP contribution in [0.25, 0.3) is 0 Å². The average molecular weight is 397 g/mol. The third-order valence-electron chi connectivity index (χ3n) is 3.64. The number of halogens is 2. The zero-order valence-corrected chi connectivity index (χ0v) is 15.0. The van der Waals surface area contributed by atoms with Gasteiger partial charge in [-0.3, -0.25) is 4.79 Å². The van der Waals surface area contributed by atoms with Gasteiger partial charge in [0.15, 0.2) is 0 Å². The summed E-state index contributed by atoms with van der Waals surface area (Å²) in [6.45, 7) is 0.803. The fourth-order valence-corrected chi connectivity index (χ4v) is 4.18. The molecule has 1 saturated heterocycles. The lowest BCUT2D eigenvalue weighted by Crippen LogP contribution is -2.31. The molecule has 1 unspecified atom stereocenters. The first kappa shape index (κ1) is 15.9. The zero-order chi connectivity index (χ0) is 15.5. The largest absolute Gasteiger partial charge is 0.325 e. The smallest absolute Gasteiger partial charge is 0.228 e. The minimum Gasteiger partial charge on any atom is -0.325 e. The number of carbonyl (C=O) groups is 1. The molecule has 22 heavy (non-hydrogen) atoms. The summed E-state index contributed by atoms with van der Waals surface area (Å²) < 4.78 is 1.05. The van der Waals surface area contributed by atoms with Gasteiger partial charge in [0.05, 0.1) is 6.42 Å². The molecule has 0 radical (unpaired) electrons. The van der Waals surface area contributed by atoms with Gasteiger partial charge in [0.25, 0.3) is 0 Å². The summed E-state index contributed by atoms with van der Waals surface area (Å²) in [4.78, 5) is 14.6. The van der Waals surface area contributed by atoms with Crippen LogP contribution in [0, 0.1) is 0 Å². The minimum atomic E-state index is 0.118. The van der Waals surface area contributed by atoms with Gasteiger partial charge >= 0.3 is 0 Å². The van der Waals surface area contributed by atoms with E-state index < -0.39 is 0 Å². The van der Waals surface area contributed by atoms with Gasteiger partial charge in [-0.25, -0.2) is 0 Å². The van der Waals surface area contributed by atoms with Crippen LogP contribution in [-0.4, -0.2) is 23.1 Å². The standard InChI is InChI=1S/C17H15BrClNOS/c18-14-5-3-13(4-6-14)17-20(9-10-22-17)16(21)11-12-1-7-15(19)8-2-12/h1-8,17H,9-11H2. The van der Waals surface area contributed by atoms with E-state index in [9.17, 15) is 4.79 Å². The molecule has 2 nitrogen and oxygen atoms in total. The van der Waals surface area contributed by atoms with Gasteiger partial charge < -0.3 is 4.90 Å². The normalized spacial score (nSPS) is 17.7. The van der Waals surface area contributed by atoms with Crippen LogP contribution in [-0.2, 0) is 11.2 Å². The Hall–Kier alpha value is -0.970. The highest BCUT2D eigenvalue weighted by molar-refractivity contribution is 9.10. The van der Waals surface area contributed by atoms with E-state index in [1.165, 1.54) is 5.56 Å². The number of hydrogen-bond acceptors (Lipinski definition) is 2. The quantitative estimate of drug-likeness (QED) is 0.734. The number of carbonyl (C=O) groups excluding carboxylic acids is 1. The minimum absolute atomic E-state index is 0.118. The van der Waals surface area contributed by atoms with E-state index in [1.807, 2.05) is 53.1 Å². The fraction of sp³-hybridized carbons (Fsp3) is 0.235.